The van der Waals surface area contributed by atoms with Gasteiger partial charge in [-0.2, -0.15) is 0 Å². The summed E-state index contributed by atoms with van der Waals surface area (Å²) in [4.78, 5) is 33.1. The number of carbonyl (C=O) groups is 2. The van der Waals surface area contributed by atoms with Crippen molar-refractivity contribution in [2.75, 3.05) is 6.61 Å². The number of nitro benzene ring substituents is 1. The molecule has 1 aromatic carbocycles. The molecule has 0 aromatic heterocycles. The second-order valence-corrected chi connectivity index (χ2v) is 5.02. The highest BCUT2D eigenvalue weighted by molar-refractivity contribution is 5.72. The molecule has 0 saturated carbocycles. The number of unbranched alkanes of at least 4 members (excludes halogenated alkanes) is 1. The molecule has 0 spiro atoms. The van der Waals surface area contributed by atoms with Crippen molar-refractivity contribution in [1.82, 2.24) is 0 Å². The third-order valence-electron chi connectivity index (χ3n) is 3.04. The summed E-state index contributed by atoms with van der Waals surface area (Å²) in [6.07, 6.45) is 2.43. The molecule has 0 aliphatic carbocycles. The zero-order valence-electron chi connectivity index (χ0n) is 13.2. The lowest BCUT2D eigenvalue weighted by molar-refractivity contribution is -0.384. The fraction of sp³-hybridized carbons (Fsp3) is 0.500. The fourth-order valence-corrected chi connectivity index (χ4v) is 1.78. The van der Waals surface area contributed by atoms with Crippen molar-refractivity contribution < 1.29 is 24.0 Å². The number of nitrogens with zero attached hydrogens (tertiary/aromatic N) is 1. The molecular weight excluding hydrogens is 302 g/mol. The van der Waals surface area contributed by atoms with Crippen molar-refractivity contribution >= 4 is 17.6 Å². The monoisotopic (exact) mass is 323 g/mol. The van der Waals surface area contributed by atoms with Crippen molar-refractivity contribution in [2.24, 2.45) is 0 Å². The molecule has 7 nitrogen and oxygen atoms in total. The number of rotatable bonds is 10. The van der Waals surface area contributed by atoms with E-state index in [1.807, 2.05) is 6.92 Å². The Kier molecular flexibility index (Phi) is 8.34. The summed E-state index contributed by atoms with van der Waals surface area (Å²) in [7, 11) is 0. The van der Waals surface area contributed by atoms with E-state index >= 15 is 0 Å². The van der Waals surface area contributed by atoms with Crippen molar-refractivity contribution in [3.05, 3.63) is 39.9 Å². The molecule has 0 aliphatic rings. The van der Waals surface area contributed by atoms with Crippen molar-refractivity contribution in [2.45, 2.75) is 45.6 Å². The predicted octanol–water partition coefficient (Wildman–Crippen LogP) is 3.15. The Hall–Kier alpha value is -2.44. The van der Waals surface area contributed by atoms with Crippen LogP contribution in [-0.4, -0.2) is 23.5 Å². The second kappa shape index (κ2) is 10.3. The zero-order valence-corrected chi connectivity index (χ0v) is 13.2. The summed E-state index contributed by atoms with van der Waals surface area (Å²) in [5, 5.41) is 10.6. The summed E-state index contributed by atoms with van der Waals surface area (Å²) in [5.41, 5.74) is 0.500. The van der Waals surface area contributed by atoms with E-state index in [0.29, 0.717) is 18.6 Å². The van der Waals surface area contributed by atoms with E-state index in [1.165, 1.54) is 18.2 Å². The summed E-state index contributed by atoms with van der Waals surface area (Å²) >= 11 is 0. The molecule has 0 unspecified atom stereocenters. The van der Waals surface area contributed by atoms with Crippen LogP contribution in [0.4, 0.5) is 5.69 Å². The molecule has 0 N–H and O–H groups in total. The predicted molar refractivity (Wildman–Crippen MR) is 82.6 cm³/mol. The molecule has 0 fully saturated rings. The zero-order chi connectivity index (χ0) is 17.1. The van der Waals surface area contributed by atoms with Gasteiger partial charge in [0.05, 0.1) is 11.5 Å². The van der Waals surface area contributed by atoms with Gasteiger partial charge in [0.15, 0.2) is 0 Å². The van der Waals surface area contributed by atoms with Gasteiger partial charge in [0.2, 0.25) is 0 Å². The summed E-state index contributed by atoms with van der Waals surface area (Å²) in [6.45, 7) is 2.39. The highest BCUT2D eigenvalue weighted by Gasteiger charge is 2.09. The first-order valence-electron chi connectivity index (χ1n) is 7.57. The first-order valence-corrected chi connectivity index (χ1v) is 7.57. The van der Waals surface area contributed by atoms with Gasteiger partial charge in [-0.1, -0.05) is 25.5 Å². The van der Waals surface area contributed by atoms with Gasteiger partial charge in [0.1, 0.15) is 6.61 Å². The van der Waals surface area contributed by atoms with E-state index in [9.17, 15) is 19.7 Å². The van der Waals surface area contributed by atoms with Crippen LogP contribution in [0.25, 0.3) is 0 Å². The van der Waals surface area contributed by atoms with E-state index in [2.05, 4.69) is 0 Å². The van der Waals surface area contributed by atoms with Gasteiger partial charge in [0.25, 0.3) is 5.69 Å². The van der Waals surface area contributed by atoms with Gasteiger partial charge in [0, 0.05) is 25.0 Å². The van der Waals surface area contributed by atoms with Crippen molar-refractivity contribution in [3.8, 4) is 0 Å². The number of non-ortho nitro benzene ring substituents is 1. The Balaban J connectivity index is 2.23. The number of hydrogen-bond donors (Lipinski definition) is 0. The molecule has 0 aliphatic heterocycles. The minimum absolute atomic E-state index is 0.0263. The molecule has 126 valence electrons. The van der Waals surface area contributed by atoms with Gasteiger partial charge >= 0.3 is 11.9 Å². The standard InChI is InChI=1S/C16H21NO6/c1-2-3-10-22-15(18)8-5-9-16(19)23-12-13-6-4-7-14(11-13)17(20)21/h4,6-7,11H,2-3,5,8-10,12H2,1H3. The maximum absolute atomic E-state index is 11.6. The lowest BCUT2D eigenvalue weighted by atomic mass is 10.2. The first kappa shape index (κ1) is 18.6. The minimum atomic E-state index is -0.504. The number of nitro groups is 1. The SMILES string of the molecule is CCCCOC(=O)CCCC(=O)OCc1cccc([N+](=O)[O-])c1. The van der Waals surface area contributed by atoms with Gasteiger partial charge in [-0.15, -0.1) is 0 Å². The molecule has 0 heterocycles. The number of carbonyl (C=O) groups excluding carboxylic acids is 2. The van der Waals surface area contributed by atoms with E-state index in [-0.39, 0.29) is 31.1 Å². The normalized spacial score (nSPS) is 10.1. The number of hydrogen-bond acceptors (Lipinski definition) is 6. The lowest BCUT2D eigenvalue weighted by Crippen LogP contribution is -2.08. The Morgan fingerprint density at radius 2 is 1.83 bits per heavy atom. The molecule has 0 saturated heterocycles. The van der Waals surface area contributed by atoms with E-state index in [0.717, 1.165) is 12.8 Å². The maximum Gasteiger partial charge on any atom is 0.306 e. The lowest BCUT2D eigenvalue weighted by Gasteiger charge is -2.05. The number of ether oxygens (including phenoxy) is 2. The Bertz CT molecular complexity index is 543. The quantitative estimate of drug-likeness (QED) is 0.284. The van der Waals surface area contributed by atoms with E-state index in [4.69, 9.17) is 9.47 Å². The minimum Gasteiger partial charge on any atom is -0.466 e. The van der Waals surface area contributed by atoms with Crippen LogP contribution in [0, 0.1) is 10.1 Å². The fourth-order valence-electron chi connectivity index (χ4n) is 1.78. The number of benzene rings is 1. The molecular formula is C16H21NO6. The van der Waals surface area contributed by atoms with Crippen LogP contribution in [0.15, 0.2) is 24.3 Å². The molecule has 0 bridgehead atoms. The summed E-state index contributed by atoms with van der Waals surface area (Å²) < 4.78 is 10.0. The van der Waals surface area contributed by atoms with Crippen LogP contribution in [0.2, 0.25) is 0 Å². The van der Waals surface area contributed by atoms with Crippen LogP contribution < -0.4 is 0 Å². The van der Waals surface area contributed by atoms with Crippen molar-refractivity contribution in [3.63, 3.8) is 0 Å². The average molecular weight is 323 g/mol. The topological polar surface area (TPSA) is 95.7 Å². The van der Waals surface area contributed by atoms with Gasteiger partial charge < -0.3 is 9.47 Å². The highest BCUT2D eigenvalue weighted by atomic mass is 16.6. The Morgan fingerprint density at radius 1 is 1.13 bits per heavy atom. The van der Waals surface area contributed by atoms with Crippen LogP contribution in [-0.2, 0) is 25.7 Å². The van der Waals surface area contributed by atoms with Gasteiger partial charge in [-0.3, -0.25) is 19.7 Å². The van der Waals surface area contributed by atoms with Crippen LogP contribution in [0.3, 0.4) is 0 Å². The first-order chi connectivity index (χ1) is 11.0. The molecule has 1 aromatic rings. The Labute approximate surface area is 134 Å². The molecule has 1 rings (SSSR count). The van der Waals surface area contributed by atoms with Gasteiger partial charge in [-0.25, -0.2) is 0 Å². The molecule has 23 heavy (non-hydrogen) atoms. The summed E-state index contributed by atoms with van der Waals surface area (Å²) in [5.74, 6) is -0.761. The smallest absolute Gasteiger partial charge is 0.306 e. The van der Waals surface area contributed by atoms with Crippen LogP contribution in [0.1, 0.15) is 44.6 Å². The highest BCUT2D eigenvalue weighted by Crippen LogP contribution is 2.14. The van der Waals surface area contributed by atoms with Gasteiger partial charge in [-0.05, 0) is 18.4 Å². The third-order valence-corrected chi connectivity index (χ3v) is 3.04. The Morgan fingerprint density at radius 3 is 2.48 bits per heavy atom. The molecule has 0 radical (unpaired) electrons. The molecule has 7 heteroatoms. The molecule has 0 atom stereocenters. The van der Waals surface area contributed by atoms with Crippen LogP contribution in [0.5, 0.6) is 0 Å². The van der Waals surface area contributed by atoms with E-state index in [1.54, 1.807) is 6.07 Å². The maximum atomic E-state index is 11.6. The second-order valence-electron chi connectivity index (χ2n) is 5.02. The van der Waals surface area contributed by atoms with Crippen molar-refractivity contribution in [1.29, 1.82) is 0 Å². The number of esters is 2. The average Bonchev–Trinajstić information content (AvgIpc) is 2.53. The van der Waals surface area contributed by atoms with E-state index < -0.39 is 10.9 Å². The molecule has 0 amide bonds. The summed E-state index contributed by atoms with van der Waals surface area (Å²) in [6, 6.07) is 5.91. The van der Waals surface area contributed by atoms with Crippen LogP contribution >= 0.6 is 0 Å². The largest absolute Gasteiger partial charge is 0.466 e. The third kappa shape index (κ3) is 7.94.